The number of allylic oxidation sites excluding steroid dienone is 3. The molecule has 0 atom stereocenters. The van der Waals surface area contributed by atoms with Crippen LogP contribution in [0.5, 0.6) is 0 Å². The third-order valence-corrected chi connectivity index (χ3v) is 3.55. The van der Waals surface area contributed by atoms with Crippen molar-refractivity contribution in [1.82, 2.24) is 0 Å². The summed E-state index contributed by atoms with van der Waals surface area (Å²) in [7, 11) is 0. The topological polar surface area (TPSA) is 17.1 Å². The Morgan fingerprint density at radius 3 is 2.56 bits per heavy atom. The SMILES string of the molecule is CC1=C(/C=C/Sc2ccccc2)CCC1=O. The lowest BCUT2D eigenvalue weighted by molar-refractivity contribution is -0.114. The summed E-state index contributed by atoms with van der Waals surface area (Å²) in [6.45, 7) is 1.92. The number of carbonyl (C=O) groups excluding carboxylic acids is 1. The van der Waals surface area contributed by atoms with Crippen molar-refractivity contribution in [3.8, 4) is 0 Å². The van der Waals surface area contributed by atoms with Crippen molar-refractivity contribution < 1.29 is 4.79 Å². The zero-order valence-corrected chi connectivity index (χ0v) is 10.1. The number of thioether (sulfide) groups is 1. The van der Waals surface area contributed by atoms with Gasteiger partial charge in [0.15, 0.2) is 5.78 Å². The molecule has 0 bridgehead atoms. The molecule has 0 aromatic heterocycles. The van der Waals surface area contributed by atoms with Crippen LogP contribution in [0.3, 0.4) is 0 Å². The highest BCUT2D eigenvalue weighted by Gasteiger charge is 2.16. The van der Waals surface area contributed by atoms with Gasteiger partial charge in [0.25, 0.3) is 0 Å². The second kappa shape index (κ2) is 5.17. The normalized spacial score (nSPS) is 16.4. The van der Waals surface area contributed by atoms with E-state index in [1.807, 2.05) is 25.1 Å². The van der Waals surface area contributed by atoms with Crippen molar-refractivity contribution in [3.63, 3.8) is 0 Å². The molecule has 0 unspecified atom stereocenters. The molecule has 1 aliphatic carbocycles. The van der Waals surface area contributed by atoms with Gasteiger partial charge in [0.05, 0.1) is 0 Å². The maximum Gasteiger partial charge on any atom is 0.159 e. The molecule has 2 heteroatoms. The minimum Gasteiger partial charge on any atom is -0.295 e. The zero-order valence-electron chi connectivity index (χ0n) is 9.27. The number of ketones is 1. The van der Waals surface area contributed by atoms with Crippen LogP contribution in [0.1, 0.15) is 19.8 Å². The van der Waals surface area contributed by atoms with Gasteiger partial charge in [-0.2, -0.15) is 0 Å². The summed E-state index contributed by atoms with van der Waals surface area (Å²) in [4.78, 5) is 12.5. The zero-order chi connectivity index (χ0) is 11.4. The number of Topliss-reactive ketones (excluding diaryl/α,β-unsaturated/α-hetero) is 1. The lowest BCUT2D eigenvalue weighted by atomic mass is 10.2. The maximum absolute atomic E-state index is 11.3. The van der Waals surface area contributed by atoms with E-state index in [0.717, 1.165) is 12.0 Å². The monoisotopic (exact) mass is 230 g/mol. The molecule has 0 saturated carbocycles. The molecule has 0 saturated heterocycles. The molecule has 16 heavy (non-hydrogen) atoms. The minimum atomic E-state index is 0.296. The largest absolute Gasteiger partial charge is 0.295 e. The summed E-state index contributed by atoms with van der Waals surface area (Å²) in [5, 5.41) is 2.06. The van der Waals surface area contributed by atoms with Crippen LogP contribution in [-0.4, -0.2) is 5.78 Å². The van der Waals surface area contributed by atoms with Crippen LogP contribution in [0.4, 0.5) is 0 Å². The average molecular weight is 230 g/mol. The van der Waals surface area contributed by atoms with Crippen LogP contribution in [0.15, 0.2) is 57.9 Å². The maximum atomic E-state index is 11.3. The standard InChI is InChI=1S/C14H14OS/c1-11-12(7-8-14(11)15)9-10-16-13-5-3-2-4-6-13/h2-6,9-10H,7-8H2,1H3/b10-9+. The molecule has 0 radical (unpaired) electrons. The molecule has 2 rings (SSSR count). The summed E-state index contributed by atoms with van der Waals surface area (Å²) >= 11 is 1.68. The van der Waals surface area contributed by atoms with Crippen LogP contribution < -0.4 is 0 Å². The van der Waals surface area contributed by atoms with Gasteiger partial charge in [-0.15, -0.1) is 0 Å². The Hall–Kier alpha value is -1.28. The highest BCUT2D eigenvalue weighted by atomic mass is 32.2. The molecule has 0 amide bonds. The Morgan fingerprint density at radius 2 is 1.94 bits per heavy atom. The van der Waals surface area contributed by atoms with Crippen LogP contribution >= 0.6 is 11.8 Å². The van der Waals surface area contributed by atoms with E-state index in [9.17, 15) is 4.79 Å². The van der Waals surface area contributed by atoms with Crippen molar-refractivity contribution in [2.24, 2.45) is 0 Å². The molecule has 1 aromatic carbocycles. The summed E-state index contributed by atoms with van der Waals surface area (Å²) in [5.74, 6) is 0.296. The van der Waals surface area contributed by atoms with E-state index in [1.54, 1.807) is 11.8 Å². The predicted octanol–water partition coefficient (Wildman–Crippen LogP) is 3.97. The van der Waals surface area contributed by atoms with Gasteiger partial charge in [-0.3, -0.25) is 4.79 Å². The number of benzene rings is 1. The molecular weight excluding hydrogens is 216 g/mol. The molecule has 1 aromatic rings. The lowest BCUT2D eigenvalue weighted by Crippen LogP contribution is -1.89. The molecule has 0 spiro atoms. The lowest BCUT2D eigenvalue weighted by Gasteiger charge is -1.95. The first kappa shape index (κ1) is 11.2. The van der Waals surface area contributed by atoms with Crippen LogP contribution in [0.2, 0.25) is 0 Å². The molecule has 0 heterocycles. The van der Waals surface area contributed by atoms with Crippen molar-refractivity contribution >= 4 is 17.5 Å². The Kier molecular flexibility index (Phi) is 3.62. The molecule has 0 fully saturated rings. The number of hydrogen-bond acceptors (Lipinski definition) is 2. The predicted molar refractivity (Wildman–Crippen MR) is 68.4 cm³/mol. The summed E-state index contributed by atoms with van der Waals surface area (Å²) < 4.78 is 0. The van der Waals surface area contributed by atoms with Gasteiger partial charge in [0, 0.05) is 11.3 Å². The van der Waals surface area contributed by atoms with Crippen molar-refractivity contribution in [3.05, 3.63) is 53.0 Å². The average Bonchev–Trinajstić information content (AvgIpc) is 2.62. The number of carbonyl (C=O) groups is 1. The second-order valence-corrected chi connectivity index (χ2v) is 4.79. The first-order chi connectivity index (χ1) is 7.77. The van der Waals surface area contributed by atoms with Gasteiger partial charge in [0.1, 0.15) is 0 Å². The van der Waals surface area contributed by atoms with Crippen molar-refractivity contribution in [2.45, 2.75) is 24.7 Å². The first-order valence-electron chi connectivity index (χ1n) is 5.38. The number of rotatable bonds is 3. The molecule has 0 aliphatic heterocycles. The van der Waals surface area contributed by atoms with E-state index in [4.69, 9.17) is 0 Å². The second-order valence-electron chi connectivity index (χ2n) is 3.81. The van der Waals surface area contributed by atoms with Gasteiger partial charge < -0.3 is 0 Å². The Bertz CT molecular complexity index is 443. The Labute approximate surface area is 100 Å². The summed E-state index contributed by atoms with van der Waals surface area (Å²) in [6.07, 6.45) is 3.65. The quantitative estimate of drug-likeness (QED) is 0.731. The fourth-order valence-electron chi connectivity index (χ4n) is 1.70. The summed E-state index contributed by atoms with van der Waals surface area (Å²) in [5.41, 5.74) is 2.12. The van der Waals surface area contributed by atoms with Crippen molar-refractivity contribution in [1.29, 1.82) is 0 Å². The highest BCUT2D eigenvalue weighted by molar-refractivity contribution is 8.02. The van der Waals surface area contributed by atoms with Crippen molar-refractivity contribution in [2.75, 3.05) is 0 Å². The van der Waals surface area contributed by atoms with E-state index in [1.165, 1.54) is 10.5 Å². The molecule has 82 valence electrons. The van der Waals surface area contributed by atoms with Crippen LogP contribution in [-0.2, 0) is 4.79 Å². The minimum absolute atomic E-state index is 0.296. The Balaban J connectivity index is 1.99. The van der Waals surface area contributed by atoms with Crippen LogP contribution in [0, 0.1) is 0 Å². The smallest absolute Gasteiger partial charge is 0.159 e. The van der Waals surface area contributed by atoms with E-state index in [0.29, 0.717) is 12.2 Å². The molecule has 1 aliphatic rings. The Morgan fingerprint density at radius 1 is 1.19 bits per heavy atom. The number of hydrogen-bond donors (Lipinski definition) is 0. The fourth-order valence-corrected chi connectivity index (χ4v) is 2.41. The van der Waals surface area contributed by atoms with E-state index in [2.05, 4.69) is 23.6 Å². The summed E-state index contributed by atoms with van der Waals surface area (Å²) in [6, 6.07) is 10.2. The van der Waals surface area contributed by atoms with E-state index < -0.39 is 0 Å². The highest BCUT2D eigenvalue weighted by Crippen LogP contribution is 2.26. The van der Waals surface area contributed by atoms with E-state index >= 15 is 0 Å². The first-order valence-corrected chi connectivity index (χ1v) is 6.26. The molecule has 1 nitrogen and oxygen atoms in total. The molecular formula is C14H14OS. The van der Waals surface area contributed by atoms with Crippen LogP contribution in [0.25, 0.3) is 0 Å². The third-order valence-electron chi connectivity index (χ3n) is 2.74. The molecule has 0 N–H and O–H groups in total. The van der Waals surface area contributed by atoms with Gasteiger partial charge in [0.2, 0.25) is 0 Å². The van der Waals surface area contributed by atoms with Gasteiger partial charge >= 0.3 is 0 Å². The third kappa shape index (κ3) is 2.64. The fraction of sp³-hybridized carbons (Fsp3) is 0.214. The van der Waals surface area contributed by atoms with Gasteiger partial charge in [-0.05, 0) is 42.0 Å². The van der Waals surface area contributed by atoms with E-state index in [-0.39, 0.29) is 0 Å². The van der Waals surface area contributed by atoms with Gasteiger partial charge in [-0.25, -0.2) is 0 Å². The van der Waals surface area contributed by atoms with Gasteiger partial charge in [-0.1, -0.05) is 36.0 Å².